The topological polar surface area (TPSA) is 89.4 Å². The highest BCUT2D eigenvalue weighted by atomic mass is 19.1. The van der Waals surface area contributed by atoms with Crippen LogP contribution in [0, 0.1) is 5.82 Å². The molecule has 1 N–H and O–H groups in total. The average molecular weight is 401 g/mol. The Bertz CT molecular complexity index is 900. The van der Waals surface area contributed by atoms with E-state index in [1.165, 1.54) is 18.2 Å². The van der Waals surface area contributed by atoms with Gasteiger partial charge in [0.2, 0.25) is 5.91 Å². The number of hydrogen-bond acceptors (Lipinski definition) is 5. The molecule has 1 saturated heterocycles. The van der Waals surface area contributed by atoms with Gasteiger partial charge in [-0.25, -0.2) is 4.39 Å². The van der Waals surface area contributed by atoms with Crippen LogP contribution in [0.25, 0.3) is 0 Å². The Balaban J connectivity index is 1.53. The molecular formula is C20H24FN5O3. The number of aryl methyl sites for hydroxylation is 2. The highest BCUT2D eigenvalue weighted by Gasteiger charge is 2.28. The molecule has 0 aliphatic carbocycles. The van der Waals surface area contributed by atoms with Crippen LogP contribution in [0.5, 0.6) is 5.75 Å². The first kappa shape index (κ1) is 19.4. The van der Waals surface area contributed by atoms with E-state index >= 15 is 0 Å². The van der Waals surface area contributed by atoms with Gasteiger partial charge in [0, 0.05) is 44.7 Å². The highest BCUT2D eigenvalue weighted by molar-refractivity contribution is 5.97. The fourth-order valence-electron chi connectivity index (χ4n) is 3.72. The minimum Gasteiger partial charge on any atom is -0.493 e. The largest absolute Gasteiger partial charge is 0.493 e. The second-order valence-corrected chi connectivity index (χ2v) is 7.47. The van der Waals surface area contributed by atoms with Crippen molar-refractivity contribution in [2.45, 2.75) is 44.7 Å². The number of carbonyl (C=O) groups excluding carboxylic acids is 2. The Morgan fingerprint density at radius 3 is 2.97 bits per heavy atom. The van der Waals surface area contributed by atoms with Crippen molar-refractivity contribution in [3.8, 4) is 5.75 Å². The van der Waals surface area contributed by atoms with Gasteiger partial charge in [0.05, 0.1) is 17.9 Å². The molecule has 29 heavy (non-hydrogen) atoms. The SMILES string of the molecule is O=C1NC2CCN(C2)C(=O)CCCc2cn(nn2)CCCOc2ccc(F)cc21. The van der Waals surface area contributed by atoms with Gasteiger partial charge in [-0.1, -0.05) is 5.21 Å². The van der Waals surface area contributed by atoms with Gasteiger partial charge in [0.25, 0.3) is 5.91 Å². The maximum Gasteiger partial charge on any atom is 0.255 e. The molecule has 1 fully saturated rings. The van der Waals surface area contributed by atoms with Crippen LogP contribution in [-0.2, 0) is 17.8 Å². The molecule has 2 amide bonds. The second-order valence-electron chi connectivity index (χ2n) is 7.47. The van der Waals surface area contributed by atoms with Crippen LogP contribution >= 0.6 is 0 Å². The lowest BCUT2D eigenvalue weighted by molar-refractivity contribution is -0.130. The monoisotopic (exact) mass is 401 g/mol. The highest BCUT2D eigenvalue weighted by Crippen LogP contribution is 2.21. The maximum atomic E-state index is 13.7. The van der Waals surface area contributed by atoms with Crippen LogP contribution in [0.2, 0.25) is 0 Å². The van der Waals surface area contributed by atoms with Crippen molar-refractivity contribution in [1.82, 2.24) is 25.2 Å². The number of benzene rings is 1. The number of hydrogen-bond donors (Lipinski definition) is 1. The number of carbonyl (C=O) groups is 2. The lowest BCUT2D eigenvalue weighted by atomic mass is 10.1. The summed E-state index contributed by atoms with van der Waals surface area (Å²) in [4.78, 5) is 26.9. The minimum absolute atomic E-state index is 0.0741. The maximum absolute atomic E-state index is 13.7. The van der Waals surface area contributed by atoms with E-state index in [0.29, 0.717) is 64.1 Å². The lowest BCUT2D eigenvalue weighted by Gasteiger charge is -2.18. The Labute approximate surface area is 168 Å². The van der Waals surface area contributed by atoms with Crippen molar-refractivity contribution < 1.29 is 18.7 Å². The molecule has 1 aromatic heterocycles. The van der Waals surface area contributed by atoms with Crippen LogP contribution in [0.15, 0.2) is 24.4 Å². The predicted octanol–water partition coefficient (Wildman–Crippen LogP) is 1.55. The summed E-state index contributed by atoms with van der Waals surface area (Å²) in [6, 6.07) is 3.78. The van der Waals surface area contributed by atoms with Gasteiger partial charge in [-0.3, -0.25) is 14.3 Å². The van der Waals surface area contributed by atoms with Gasteiger partial charge in [-0.05, 0) is 37.5 Å². The summed E-state index contributed by atoms with van der Waals surface area (Å²) in [5.74, 6) is -0.468. The number of fused-ring (bicyclic) bond motifs is 5. The summed E-state index contributed by atoms with van der Waals surface area (Å²) in [5.41, 5.74) is 1.03. The zero-order valence-corrected chi connectivity index (χ0v) is 16.1. The van der Waals surface area contributed by atoms with Crippen LogP contribution < -0.4 is 10.1 Å². The number of nitrogens with one attached hydrogen (secondary N) is 1. The molecule has 0 spiro atoms. The predicted molar refractivity (Wildman–Crippen MR) is 102 cm³/mol. The molecule has 4 rings (SSSR count). The molecule has 4 bridgehead atoms. The van der Waals surface area contributed by atoms with Crippen molar-refractivity contribution in [1.29, 1.82) is 0 Å². The first-order valence-electron chi connectivity index (χ1n) is 9.98. The van der Waals surface area contributed by atoms with E-state index in [2.05, 4.69) is 15.6 Å². The number of amides is 2. The summed E-state index contributed by atoms with van der Waals surface area (Å²) in [6.45, 7) is 2.05. The van der Waals surface area contributed by atoms with Crippen molar-refractivity contribution in [3.05, 3.63) is 41.5 Å². The number of halogens is 1. The van der Waals surface area contributed by atoms with Crippen molar-refractivity contribution >= 4 is 11.8 Å². The van der Waals surface area contributed by atoms with Gasteiger partial charge in [-0.15, -0.1) is 5.10 Å². The van der Waals surface area contributed by atoms with Crippen molar-refractivity contribution in [2.75, 3.05) is 19.7 Å². The Morgan fingerprint density at radius 1 is 1.17 bits per heavy atom. The summed E-state index contributed by atoms with van der Waals surface area (Å²) in [6.07, 6.45) is 5.08. The molecular weight excluding hydrogens is 377 g/mol. The molecule has 2 aliphatic heterocycles. The number of ether oxygens (including phenoxy) is 1. The third-order valence-corrected chi connectivity index (χ3v) is 5.26. The molecule has 1 aromatic carbocycles. The molecule has 1 unspecified atom stereocenters. The van der Waals surface area contributed by atoms with Crippen molar-refractivity contribution in [3.63, 3.8) is 0 Å². The Morgan fingerprint density at radius 2 is 2.07 bits per heavy atom. The minimum atomic E-state index is -0.497. The normalized spacial score (nSPS) is 21.0. The van der Waals surface area contributed by atoms with Crippen LogP contribution in [0.1, 0.15) is 41.7 Å². The fourth-order valence-corrected chi connectivity index (χ4v) is 3.72. The third-order valence-electron chi connectivity index (χ3n) is 5.26. The summed E-state index contributed by atoms with van der Waals surface area (Å²) in [7, 11) is 0. The van der Waals surface area contributed by atoms with E-state index in [-0.39, 0.29) is 23.4 Å². The van der Waals surface area contributed by atoms with E-state index < -0.39 is 5.82 Å². The molecule has 154 valence electrons. The standard InChI is InChI=1S/C20H24FN5O3/c21-14-5-6-18-17(11-14)20(28)22-15-7-9-25(12-15)19(27)4-1-3-16-13-26(24-23-16)8-2-10-29-18/h5-6,11,13,15H,1-4,7-10,12H2,(H,22,28). The molecule has 9 heteroatoms. The van der Waals surface area contributed by atoms with Gasteiger partial charge in [-0.2, -0.15) is 0 Å². The van der Waals surface area contributed by atoms with Crippen molar-refractivity contribution in [2.24, 2.45) is 0 Å². The van der Waals surface area contributed by atoms with Crippen LogP contribution in [0.3, 0.4) is 0 Å². The number of aromatic nitrogens is 3. The number of nitrogens with zero attached hydrogens (tertiary/aromatic N) is 4. The summed E-state index contributed by atoms with van der Waals surface area (Å²) < 4.78 is 21.2. The van der Waals surface area contributed by atoms with Gasteiger partial charge in [0.1, 0.15) is 11.6 Å². The van der Waals surface area contributed by atoms with E-state index in [0.717, 1.165) is 5.69 Å². The molecule has 8 nitrogen and oxygen atoms in total. The summed E-state index contributed by atoms with van der Waals surface area (Å²) >= 11 is 0. The average Bonchev–Trinajstić information content (AvgIpc) is 3.35. The van der Waals surface area contributed by atoms with E-state index in [1.807, 2.05) is 6.20 Å². The molecule has 0 radical (unpaired) electrons. The first-order chi connectivity index (χ1) is 14.1. The van der Waals surface area contributed by atoms with Crippen LogP contribution in [0.4, 0.5) is 4.39 Å². The van der Waals surface area contributed by atoms with E-state index in [9.17, 15) is 14.0 Å². The van der Waals surface area contributed by atoms with E-state index in [4.69, 9.17) is 4.74 Å². The zero-order valence-electron chi connectivity index (χ0n) is 16.1. The molecule has 2 aliphatic rings. The molecule has 2 aromatic rings. The van der Waals surface area contributed by atoms with E-state index in [1.54, 1.807) is 9.58 Å². The molecule has 3 heterocycles. The first-order valence-corrected chi connectivity index (χ1v) is 9.98. The second kappa shape index (κ2) is 8.59. The zero-order chi connectivity index (χ0) is 20.2. The summed E-state index contributed by atoms with van der Waals surface area (Å²) in [5, 5.41) is 11.2. The Kier molecular flexibility index (Phi) is 5.73. The quantitative estimate of drug-likeness (QED) is 0.724. The van der Waals surface area contributed by atoms with Crippen LogP contribution in [-0.4, -0.2) is 57.4 Å². The molecule has 1 atom stereocenters. The lowest BCUT2D eigenvalue weighted by Crippen LogP contribution is -2.38. The van der Waals surface area contributed by atoms with Gasteiger partial charge in [0.15, 0.2) is 0 Å². The smallest absolute Gasteiger partial charge is 0.255 e. The number of rotatable bonds is 0. The van der Waals surface area contributed by atoms with Gasteiger partial charge >= 0.3 is 0 Å². The molecule has 0 saturated carbocycles. The Hall–Kier alpha value is -2.97. The fraction of sp³-hybridized carbons (Fsp3) is 0.500. The van der Waals surface area contributed by atoms with Gasteiger partial charge < -0.3 is 15.0 Å². The third kappa shape index (κ3) is 4.72.